The standard InChI is InChI=1S/C21H19N3O3S/c1-4-26-21(25)18-9-16(10-22)20(23-14(18)3)28-12-17-11-27-19(24-17)15-7-5-13(2)6-8-15/h5-9,11H,4,12H2,1-3H3. The van der Waals surface area contributed by atoms with E-state index in [2.05, 4.69) is 16.0 Å². The van der Waals surface area contributed by atoms with Gasteiger partial charge in [0.15, 0.2) is 0 Å². The molecule has 1 aromatic carbocycles. The zero-order valence-electron chi connectivity index (χ0n) is 15.9. The Morgan fingerprint density at radius 2 is 2.00 bits per heavy atom. The van der Waals surface area contributed by atoms with Crippen molar-refractivity contribution in [2.24, 2.45) is 0 Å². The number of carbonyl (C=O) groups excluding carboxylic acids is 1. The van der Waals surface area contributed by atoms with Crippen LogP contribution in [0.1, 0.15) is 39.8 Å². The van der Waals surface area contributed by atoms with Gasteiger partial charge in [-0.2, -0.15) is 5.26 Å². The van der Waals surface area contributed by atoms with Crippen LogP contribution in [-0.2, 0) is 10.5 Å². The third kappa shape index (κ3) is 4.41. The molecule has 0 radical (unpaired) electrons. The van der Waals surface area contributed by atoms with Crippen molar-refractivity contribution in [2.75, 3.05) is 6.61 Å². The second-order valence-electron chi connectivity index (χ2n) is 6.11. The molecule has 0 amide bonds. The molecular weight excluding hydrogens is 374 g/mol. The van der Waals surface area contributed by atoms with Crippen molar-refractivity contribution in [1.82, 2.24) is 9.97 Å². The summed E-state index contributed by atoms with van der Waals surface area (Å²) in [6, 6.07) is 11.6. The molecule has 0 aliphatic heterocycles. The normalized spacial score (nSPS) is 10.5. The molecule has 28 heavy (non-hydrogen) atoms. The summed E-state index contributed by atoms with van der Waals surface area (Å²) in [6.45, 7) is 5.75. The molecule has 3 rings (SSSR count). The molecule has 0 fully saturated rings. The van der Waals surface area contributed by atoms with Gasteiger partial charge in [-0.15, -0.1) is 0 Å². The summed E-state index contributed by atoms with van der Waals surface area (Å²) in [4.78, 5) is 20.9. The molecule has 2 heterocycles. The summed E-state index contributed by atoms with van der Waals surface area (Å²) < 4.78 is 10.6. The van der Waals surface area contributed by atoms with Crippen molar-refractivity contribution < 1.29 is 13.9 Å². The number of thioether (sulfide) groups is 1. The van der Waals surface area contributed by atoms with E-state index in [9.17, 15) is 10.1 Å². The highest BCUT2D eigenvalue weighted by Crippen LogP contribution is 2.27. The molecule has 0 spiro atoms. The van der Waals surface area contributed by atoms with E-state index < -0.39 is 5.97 Å². The van der Waals surface area contributed by atoms with Gasteiger partial charge in [-0.05, 0) is 39.0 Å². The molecular formula is C21H19N3O3S. The molecule has 0 saturated heterocycles. The van der Waals surface area contributed by atoms with E-state index >= 15 is 0 Å². The molecule has 0 bridgehead atoms. The highest BCUT2D eigenvalue weighted by molar-refractivity contribution is 7.98. The SMILES string of the molecule is CCOC(=O)c1cc(C#N)c(SCc2coc(-c3ccc(C)cc3)n2)nc1C. The van der Waals surface area contributed by atoms with Gasteiger partial charge in [-0.25, -0.2) is 14.8 Å². The maximum Gasteiger partial charge on any atom is 0.340 e. The molecule has 0 N–H and O–H groups in total. The van der Waals surface area contributed by atoms with E-state index in [1.807, 2.05) is 31.2 Å². The van der Waals surface area contributed by atoms with E-state index in [0.29, 0.717) is 33.5 Å². The first-order chi connectivity index (χ1) is 13.5. The lowest BCUT2D eigenvalue weighted by Crippen LogP contribution is -2.09. The first-order valence-corrected chi connectivity index (χ1v) is 9.73. The van der Waals surface area contributed by atoms with Gasteiger partial charge >= 0.3 is 5.97 Å². The van der Waals surface area contributed by atoms with Crippen LogP contribution in [0.4, 0.5) is 0 Å². The number of nitrogens with zero attached hydrogens (tertiary/aromatic N) is 3. The number of rotatable bonds is 6. The van der Waals surface area contributed by atoms with Gasteiger partial charge in [0.25, 0.3) is 0 Å². The fraction of sp³-hybridized carbons (Fsp3) is 0.238. The number of ether oxygens (including phenoxy) is 1. The van der Waals surface area contributed by atoms with Crippen molar-refractivity contribution in [3.05, 3.63) is 64.7 Å². The van der Waals surface area contributed by atoms with Crippen LogP contribution >= 0.6 is 11.8 Å². The molecule has 142 valence electrons. The Morgan fingerprint density at radius 1 is 1.25 bits per heavy atom. The summed E-state index contributed by atoms with van der Waals surface area (Å²) in [5.74, 6) is 0.576. The van der Waals surface area contributed by atoms with Crippen LogP contribution in [0.3, 0.4) is 0 Å². The van der Waals surface area contributed by atoms with E-state index in [1.54, 1.807) is 20.1 Å². The lowest BCUT2D eigenvalue weighted by Gasteiger charge is -2.08. The maximum absolute atomic E-state index is 12.0. The average Bonchev–Trinajstić information content (AvgIpc) is 3.16. The number of hydrogen-bond acceptors (Lipinski definition) is 7. The Labute approximate surface area is 167 Å². The van der Waals surface area contributed by atoms with Crippen molar-refractivity contribution in [2.45, 2.75) is 31.6 Å². The summed E-state index contributed by atoms with van der Waals surface area (Å²) in [5.41, 5.74) is 4.00. The van der Waals surface area contributed by atoms with Crippen molar-refractivity contribution in [1.29, 1.82) is 5.26 Å². The molecule has 0 unspecified atom stereocenters. The first-order valence-electron chi connectivity index (χ1n) is 8.75. The van der Waals surface area contributed by atoms with Gasteiger partial charge < -0.3 is 9.15 Å². The number of nitriles is 1. The molecule has 0 saturated carbocycles. The largest absolute Gasteiger partial charge is 0.462 e. The predicted octanol–water partition coefficient (Wildman–Crippen LogP) is 4.69. The lowest BCUT2D eigenvalue weighted by atomic mass is 10.1. The number of oxazole rings is 1. The van der Waals surface area contributed by atoms with E-state index in [-0.39, 0.29) is 6.61 Å². The molecule has 2 aromatic heterocycles. The number of benzene rings is 1. The number of esters is 1. The van der Waals surface area contributed by atoms with Gasteiger partial charge in [-0.1, -0.05) is 29.5 Å². The zero-order chi connectivity index (χ0) is 20.1. The van der Waals surface area contributed by atoms with Crippen LogP contribution in [0, 0.1) is 25.2 Å². The van der Waals surface area contributed by atoms with Crippen LogP contribution in [0.15, 0.2) is 46.0 Å². The summed E-state index contributed by atoms with van der Waals surface area (Å²) in [5, 5.41) is 9.98. The number of aromatic nitrogens is 2. The number of hydrogen-bond donors (Lipinski definition) is 0. The Balaban J connectivity index is 1.76. The van der Waals surface area contributed by atoms with E-state index in [0.717, 1.165) is 11.3 Å². The Hall–Kier alpha value is -3.11. The average molecular weight is 393 g/mol. The second-order valence-corrected chi connectivity index (χ2v) is 7.07. The highest BCUT2D eigenvalue weighted by atomic mass is 32.2. The minimum absolute atomic E-state index is 0.270. The monoisotopic (exact) mass is 393 g/mol. The Morgan fingerprint density at radius 3 is 2.68 bits per heavy atom. The lowest BCUT2D eigenvalue weighted by molar-refractivity contribution is 0.0524. The van der Waals surface area contributed by atoms with Gasteiger partial charge in [0.05, 0.1) is 29.1 Å². The summed E-state index contributed by atoms with van der Waals surface area (Å²) in [7, 11) is 0. The summed E-state index contributed by atoms with van der Waals surface area (Å²) >= 11 is 1.38. The molecule has 3 aromatic rings. The predicted molar refractivity (Wildman–Crippen MR) is 106 cm³/mol. The van der Waals surface area contributed by atoms with Gasteiger partial charge in [0.1, 0.15) is 17.4 Å². The van der Waals surface area contributed by atoms with Crippen molar-refractivity contribution in [3.8, 4) is 17.5 Å². The summed E-state index contributed by atoms with van der Waals surface area (Å²) in [6.07, 6.45) is 1.61. The van der Waals surface area contributed by atoms with Crippen LogP contribution in [0.2, 0.25) is 0 Å². The van der Waals surface area contributed by atoms with Crippen molar-refractivity contribution in [3.63, 3.8) is 0 Å². The highest BCUT2D eigenvalue weighted by Gasteiger charge is 2.17. The van der Waals surface area contributed by atoms with Crippen LogP contribution in [0.5, 0.6) is 0 Å². The number of pyridine rings is 1. The molecule has 7 heteroatoms. The minimum atomic E-state index is -0.472. The zero-order valence-corrected chi connectivity index (χ0v) is 16.7. The van der Waals surface area contributed by atoms with Gasteiger partial charge in [0.2, 0.25) is 5.89 Å². The van der Waals surface area contributed by atoms with Crippen LogP contribution in [-0.4, -0.2) is 22.5 Å². The van der Waals surface area contributed by atoms with Crippen LogP contribution in [0.25, 0.3) is 11.5 Å². The maximum atomic E-state index is 12.0. The van der Waals surface area contributed by atoms with E-state index in [1.165, 1.54) is 23.4 Å². The van der Waals surface area contributed by atoms with Gasteiger partial charge in [0, 0.05) is 11.3 Å². The van der Waals surface area contributed by atoms with Crippen molar-refractivity contribution >= 4 is 17.7 Å². The number of carbonyl (C=O) groups is 1. The number of aryl methyl sites for hydroxylation is 2. The third-order valence-electron chi connectivity index (χ3n) is 4.00. The third-order valence-corrected chi connectivity index (χ3v) is 5.03. The molecule has 6 nitrogen and oxygen atoms in total. The Kier molecular flexibility index (Phi) is 6.12. The van der Waals surface area contributed by atoms with Gasteiger partial charge in [-0.3, -0.25) is 0 Å². The molecule has 0 aliphatic rings. The minimum Gasteiger partial charge on any atom is -0.462 e. The van der Waals surface area contributed by atoms with Crippen LogP contribution < -0.4 is 0 Å². The molecule has 0 atom stereocenters. The fourth-order valence-electron chi connectivity index (χ4n) is 2.53. The molecule has 0 aliphatic carbocycles. The first kappa shape index (κ1) is 19.6. The topological polar surface area (TPSA) is 89.0 Å². The Bertz CT molecular complexity index is 1040. The fourth-order valence-corrected chi connectivity index (χ4v) is 3.41. The van der Waals surface area contributed by atoms with E-state index in [4.69, 9.17) is 9.15 Å². The second kappa shape index (κ2) is 8.72. The quantitative estimate of drug-likeness (QED) is 0.443. The smallest absolute Gasteiger partial charge is 0.340 e.